The standard InChI is InChI=1S/C13H17N5/c1-2-10(8-14-4-1)6-11-7-13(16-9-15-11)12-3-5-17-18-12/h3,5,7,9-10,14H,1-2,4,6,8H2,(H,17,18)/t10-/m0/s1. The molecule has 0 aromatic carbocycles. The van der Waals surface area contributed by atoms with Gasteiger partial charge in [-0.2, -0.15) is 5.10 Å². The molecular weight excluding hydrogens is 226 g/mol. The van der Waals surface area contributed by atoms with Gasteiger partial charge >= 0.3 is 0 Å². The summed E-state index contributed by atoms with van der Waals surface area (Å²) in [5.74, 6) is 0.697. The van der Waals surface area contributed by atoms with Gasteiger partial charge in [-0.3, -0.25) is 5.10 Å². The number of hydrogen-bond acceptors (Lipinski definition) is 4. The minimum absolute atomic E-state index is 0.697. The highest BCUT2D eigenvalue weighted by molar-refractivity contribution is 5.52. The van der Waals surface area contributed by atoms with Crippen LogP contribution in [0.3, 0.4) is 0 Å². The monoisotopic (exact) mass is 243 g/mol. The van der Waals surface area contributed by atoms with Gasteiger partial charge in [-0.05, 0) is 50.4 Å². The molecule has 1 aliphatic heterocycles. The van der Waals surface area contributed by atoms with E-state index in [1.54, 1.807) is 12.5 Å². The van der Waals surface area contributed by atoms with Crippen LogP contribution in [0.25, 0.3) is 11.4 Å². The van der Waals surface area contributed by atoms with Crippen molar-refractivity contribution in [3.05, 3.63) is 30.4 Å². The molecule has 1 fully saturated rings. The zero-order chi connectivity index (χ0) is 12.2. The molecule has 0 spiro atoms. The van der Waals surface area contributed by atoms with Gasteiger partial charge in [-0.25, -0.2) is 9.97 Å². The fourth-order valence-corrected chi connectivity index (χ4v) is 2.45. The van der Waals surface area contributed by atoms with Crippen molar-refractivity contribution in [3.8, 4) is 11.4 Å². The first-order valence-electron chi connectivity index (χ1n) is 6.43. The third-order valence-electron chi connectivity index (χ3n) is 3.40. The minimum atomic E-state index is 0.697. The lowest BCUT2D eigenvalue weighted by molar-refractivity contribution is 0.373. The van der Waals surface area contributed by atoms with Crippen LogP contribution in [0.15, 0.2) is 24.7 Å². The average molecular weight is 243 g/mol. The highest BCUT2D eigenvalue weighted by Gasteiger charge is 2.14. The first-order chi connectivity index (χ1) is 8.92. The van der Waals surface area contributed by atoms with Crippen molar-refractivity contribution in [1.29, 1.82) is 0 Å². The predicted molar refractivity (Wildman–Crippen MR) is 68.9 cm³/mol. The van der Waals surface area contributed by atoms with Gasteiger partial charge in [-0.15, -0.1) is 0 Å². The third-order valence-corrected chi connectivity index (χ3v) is 3.40. The Bertz CT molecular complexity index is 488. The quantitative estimate of drug-likeness (QED) is 0.855. The molecule has 0 amide bonds. The largest absolute Gasteiger partial charge is 0.316 e. The van der Waals surface area contributed by atoms with Gasteiger partial charge in [0.15, 0.2) is 0 Å². The zero-order valence-electron chi connectivity index (χ0n) is 10.3. The second-order valence-electron chi connectivity index (χ2n) is 4.78. The van der Waals surface area contributed by atoms with Crippen LogP contribution >= 0.6 is 0 Å². The summed E-state index contributed by atoms with van der Waals surface area (Å²) in [6, 6.07) is 3.98. The Labute approximate surface area is 106 Å². The summed E-state index contributed by atoms with van der Waals surface area (Å²) in [6.45, 7) is 2.25. The van der Waals surface area contributed by atoms with Crippen LogP contribution in [0.2, 0.25) is 0 Å². The van der Waals surface area contributed by atoms with Crippen molar-refractivity contribution in [2.75, 3.05) is 13.1 Å². The first kappa shape index (κ1) is 11.3. The minimum Gasteiger partial charge on any atom is -0.316 e. The molecule has 1 saturated heterocycles. The molecule has 2 N–H and O–H groups in total. The summed E-state index contributed by atoms with van der Waals surface area (Å²) in [5, 5.41) is 10.3. The van der Waals surface area contributed by atoms with Gasteiger partial charge in [0.1, 0.15) is 6.33 Å². The van der Waals surface area contributed by atoms with Crippen molar-refractivity contribution in [1.82, 2.24) is 25.5 Å². The number of nitrogens with zero attached hydrogens (tertiary/aromatic N) is 3. The number of aromatic nitrogens is 4. The van der Waals surface area contributed by atoms with Crippen LogP contribution in [0.4, 0.5) is 0 Å². The summed E-state index contributed by atoms with van der Waals surface area (Å²) in [7, 11) is 0. The number of aromatic amines is 1. The lowest BCUT2D eigenvalue weighted by Crippen LogP contribution is -2.31. The van der Waals surface area contributed by atoms with E-state index in [1.807, 2.05) is 6.07 Å². The van der Waals surface area contributed by atoms with Crippen molar-refractivity contribution < 1.29 is 0 Å². The van der Waals surface area contributed by atoms with E-state index in [2.05, 4.69) is 31.5 Å². The van der Waals surface area contributed by atoms with Crippen molar-refractivity contribution in [2.45, 2.75) is 19.3 Å². The van der Waals surface area contributed by atoms with Crippen LogP contribution in [-0.4, -0.2) is 33.3 Å². The van der Waals surface area contributed by atoms with Crippen LogP contribution in [0.5, 0.6) is 0 Å². The van der Waals surface area contributed by atoms with E-state index in [9.17, 15) is 0 Å². The molecule has 0 saturated carbocycles. The fourth-order valence-electron chi connectivity index (χ4n) is 2.45. The summed E-state index contributed by atoms with van der Waals surface area (Å²) in [6.07, 6.45) is 6.96. The third kappa shape index (κ3) is 2.56. The van der Waals surface area contributed by atoms with Gasteiger partial charge in [0.25, 0.3) is 0 Å². The number of piperidine rings is 1. The number of rotatable bonds is 3. The number of nitrogens with one attached hydrogen (secondary N) is 2. The maximum atomic E-state index is 4.37. The summed E-state index contributed by atoms with van der Waals surface area (Å²) >= 11 is 0. The van der Waals surface area contributed by atoms with Crippen LogP contribution < -0.4 is 5.32 Å². The van der Waals surface area contributed by atoms with E-state index in [4.69, 9.17) is 0 Å². The first-order valence-corrected chi connectivity index (χ1v) is 6.43. The van der Waals surface area contributed by atoms with Crippen molar-refractivity contribution >= 4 is 0 Å². The molecule has 3 rings (SSSR count). The average Bonchev–Trinajstić information content (AvgIpc) is 2.94. The molecular formula is C13H17N5. The molecule has 2 aromatic heterocycles. The molecule has 18 heavy (non-hydrogen) atoms. The Morgan fingerprint density at radius 2 is 2.33 bits per heavy atom. The summed E-state index contributed by atoms with van der Waals surface area (Å²) < 4.78 is 0. The Morgan fingerprint density at radius 3 is 3.11 bits per heavy atom. The molecule has 2 aromatic rings. The van der Waals surface area contributed by atoms with E-state index in [-0.39, 0.29) is 0 Å². The lowest BCUT2D eigenvalue weighted by Gasteiger charge is -2.22. The SMILES string of the molecule is c1cc(-c2cc(C[C@@H]3CCCNC3)ncn2)[nH]n1. The second kappa shape index (κ2) is 5.27. The Balaban J connectivity index is 1.74. The van der Waals surface area contributed by atoms with E-state index < -0.39 is 0 Å². The smallest absolute Gasteiger partial charge is 0.116 e. The summed E-state index contributed by atoms with van der Waals surface area (Å²) in [5.41, 5.74) is 2.98. The molecule has 0 radical (unpaired) electrons. The topological polar surface area (TPSA) is 66.5 Å². The maximum absolute atomic E-state index is 4.37. The van der Waals surface area contributed by atoms with E-state index >= 15 is 0 Å². The van der Waals surface area contributed by atoms with Gasteiger partial charge in [0, 0.05) is 11.9 Å². The predicted octanol–water partition coefficient (Wildman–Crippen LogP) is 1.41. The highest BCUT2D eigenvalue weighted by Crippen LogP contribution is 2.18. The van der Waals surface area contributed by atoms with E-state index in [0.717, 1.165) is 36.6 Å². The Morgan fingerprint density at radius 1 is 1.33 bits per heavy atom. The van der Waals surface area contributed by atoms with Crippen LogP contribution in [-0.2, 0) is 6.42 Å². The van der Waals surface area contributed by atoms with Gasteiger partial charge in [-0.1, -0.05) is 0 Å². The van der Waals surface area contributed by atoms with Crippen LogP contribution in [0.1, 0.15) is 18.5 Å². The molecule has 1 aliphatic rings. The Kier molecular flexibility index (Phi) is 3.32. The lowest BCUT2D eigenvalue weighted by atomic mass is 9.94. The zero-order valence-corrected chi connectivity index (χ0v) is 10.3. The van der Waals surface area contributed by atoms with Crippen molar-refractivity contribution in [3.63, 3.8) is 0 Å². The van der Waals surface area contributed by atoms with Gasteiger partial charge < -0.3 is 5.32 Å². The van der Waals surface area contributed by atoms with Gasteiger partial charge in [0.05, 0.1) is 11.4 Å². The second-order valence-corrected chi connectivity index (χ2v) is 4.78. The van der Waals surface area contributed by atoms with E-state index in [1.165, 1.54) is 12.8 Å². The number of hydrogen-bond donors (Lipinski definition) is 2. The van der Waals surface area contributed by atoms with E-state index in [0.29, 0.717) is 5.92 Å². The normalized spacial score (nSPS) is 19.9. The fraction of sp³-hybridized carbons (Fsp3) is 0.462. The molecule has 0 bridgehead atoms. The molecule has 5 nitrogen and oxygen atoms in total. The Hall–Kier alpha value is -1.75. The highest BCUT2D eigenvalue weighted by atomic mass is 15.1. The molecule has 94 valence electrons. The summed E-state index contributed by atoms with van der Waals surface area (Å²) in [4.78, 5) is 8.65. The molecule has 0 aliphatic carbocycles. The maximum Gasteiger partial charge on any atom is 0.116 e. The van der Waals surface area contributed by atoms with Gasteiger partial charge in [0.2, 0.25) is 0 Å². The number of H-pyrrole nitrogens is 1. The van der Waals surface area contributed by atoms with Crippen LogP contribution in [0, 0.1) is 5.92 Å². The molecule has 0 unspecified atom stereocenters. The molecule has 1 atom stereocenters. The molecule has 5 heteroatoms. The molecule has 3 heterocycles. The van der Waals surface area contributed by atoms with Crippen molar-refractivity contribution in [2.24, 2.45) is 5.92 Å².